The van der Waals surface area contributed by atoms with E-state index in [-0.39, 0.29) is 18.6 Å². The third-order valence-corrected chi connectivity index (χ3v) is 2.13. The van der Waals surface area contributed by atoms with Crippen molar-refractivity contribution in [3.05, 3.63) is 12.2 Å². The lowest BCUT2D eigenvalue weighted by atomic mass is 10.0. The zero-order valence-electron chi connectivity index (χ0n) is 8.37. The van der Waals surface area contributed by atoms with Crippen LogP contribution in [0.2, 0.25) is 0 Å². The Balaban J connectivity index is 2.10. The Kier molecular flexibility index (Phi) is 5.25. The summed E-state index contributed by atoms with van der Waals surface area (Å²) in [7, 11) is 0. The third-order valence-electron chi connectivity index (χ3n) is 2.13. The standard InChI is InChI=1S/C10H18N2O2/c11-6-7-14-8-10(13)12-9-4-2-1-3-5-9/h1-2,9H,3-8,11H2,(H,12,13). The smallest absolute Gasteiger partial charge is 0.246 e. The average Bonchev–Trinajstić information content (AvgIpc) is 2.20. The summed E-state index contributed by atoms with van der Waals surface area (Å²) in [5.41, 5.74) is 5.23. The van der Waals surface area contributed by atoms with Gasteiger partial charge in [-0.3, -0.25) is 4.79 Å². The Bertz CT molecular complexity index is 204. The molecule has 80 valence electrons. The highest BCUT2D eigenvalue weighted by Crippen LogP contribution is 2.09. The zero-order valence-corrected chi connectivity index (χ0v) is 8.37. The molecule has 14 heavy (non-hydrogen) atoms. The van der Waals surface area contributed by atoms with Gasteiger partial charge in [-0.2, -0.15) is 0 Å². The fraction of sp³-hybridized carbons (Fsp3) is 0.700. The SMILES string of the molecule is NCCOCC(=O)NC1CC=CCC1. The first kappa shape index (κ1) is 11.2. The van der Waals surface area contributed by atoms with Crippen LogP contribution in [0.1, 0.15) is 19.3 Å². The molecule has 3 N–H and O–H groups in total. The van der Waals surface area contributed by atoms with Gasteiger partial charge in [-0.15, -0.1) is 0 Å². The molecular formula is C10H18N2O2. The van der Waals surface area contributed by atoms with E-state index in [1.807, 2.05) is 0 Å². The van der Waals surface area contributed by atoms with Gasteiger partial charge in [-0.25, -0.2) is 0 Å². The number of nitrogens with one attached hydrogen (secondary N) is 1. The minimum atomic E-state index is -0.0428. The van der Waals surface area contributed by atoms with E-state index in [0.717, 1.165) is 19.3 Å². The Hall–Kier alpha value is -0.870. The van der Waals surface area contributed by atoms with Gasteiger partial charge in [0.25, 0.3) is 0 Å². The minimum absolute atomic E-state index is 0.0428. The molecule has 1 aliphatic rings. The first-order valence-electron chi connectivity index (χ1n) is 5.05. The average molecular weight is 198 g/mol. The molecule has 0 spiro atoms. The topological polar surface area (TPSA) is 64.3 Å². The quantitative estimate of drug-likeness (QED) is 0.489. The largest absolute Gasteiger partial charge is 0.370 e. The molecule has 0 aromatic rings. The Morgan fingerprint density at radius 1 is 1.57 bits per heavy atom. The van der Waals surface area contributed by atoms with Gasteiger partial charge in [0.1, 0.15) is 6.61 Å². The van der Waals surface area contributed by atoms with Gasteiger partial charge in [0.15, 0.2) is 0 Å². The Morgan fingerprint density at radius 3 is 3.07 bits per heavy atom. The summed E-state index contributed by atoms with van der Waals surface area (Å²) in [5, 5.41) is 2.92. The molecule has 4 heteroatoms. The third kappa shape index (κ3) is 4.39. The number of amides is 1. The van der Waals surface area contributed by atoms with Crippen molar-refractivity contribution in [1.82, 2.24) is 5.32 Å². The van der Waals surface area contributed by atoms with E-state index in [1.54, 1.807) is 0 Å². The number of ether oxygens (including phenoxy) is 1. The van der Waals surface area contributed by atoms with Crippen LogP contribution >= 0.6 is 0 Å². The van der Waals surface area contributed by atoms with Gasteiger partial charge >= 0.3 is 0 Å². The number of allylic oxidation sites excluding steroid dienone is 1. The fourth-order valence-electron chi connectivity index (χ4n) is 1.44. The molecule has 0 saturated carbocycles. The predicted molar refractivity (Wildman–Crippen MR) is 54.8 cm³/mol. The number of carbonyl (C=O) groups is 1. The summed E-state index contributed by atoms with van der Waals surface area (Å²) in [6, 6.07) is 0.286. The minimum Gasteiger partial charge on any atom is -0.370 e. The summed E-state index contributed by atoms with van der Waals surface area (Å²) in [5.74, 6) is -0.0428. The highest BCUT2D eigenvalue weighted by Gasteiger charge is 2.12. The molecule has 1 atom stereocenters. The first-order chi connectivity index (χ1) is 6.83. The normalized spacial score (nSPS) is 20.8. The van der Waals surface area contributed by atoms with Crippen molar-refractivity contribution in [3.8, 4) is 0 Å². The fourth-order valence-corrected chi connectivity index (χ4v) is 1.44. The number of nitrogens with two attached hydrogens (primary N) is 1. The van der Waals surface area contributed by atoms with Crippen molar-refractivity contribution in [2.75, 3.05) is 19.8 Å². The van der Waals surface area contributed by atoms with Crippen molar-refractivity contribution in [1.29, 1.82) is 0 Å². The van der Waals surface area contributed by atoms with E-state index in [4.69, 9.17) is 10.5 Å². The molecule has 0 aliphatic heterocycles. The van der Waals surface area contributed by atoms with E-state index in [9.17, 15) is 4.79 Å². The lowest BCUT2D eigenvalue weighted by Gasteiger charge is -2.19. The molecule has 0 heterocycles. The van der Waals surface area contributed by atoms with E-state index in [1.165, 1.54) is 0 Å². The molecule has 0 aromatic carbocycles. The molecule has 0 saturated heterocycles. The lowest BCUT2D eigenvalue weighted by Crippen LogP contribution is -2.37. The molecule has 0 aromatic heterocycles. The second kappa shape index (κ2) is 6.56. The molecule has 1 aliphatic carbocycles. The second-order valence-corrected chi connectivity index (χ2v) is 3.39. The molecule has 4 nitrogen and oxygen atoms in total. The molecule has 0 bridgehead atoms. The Labute approximate surface area is 84.5 Å². The van der Waals surface area contributed by atoms with Crippen LogP contribution in [-0.4, -0.2) is 31.7 Å². The molecule has 0 fully saturated rings. The highest BCUT2D eigenvalue weighted by atomic mass is 16.5. The van der Waals surface area contributed by atoms with Crippen LogP contribution < -0.4 is 11.1 Å². The van der Waals surface area contributed by atoms with Crippen LogP contribution in [0.3, 0.4) is 0 Å². The van der Waals surface area contributed by atoms with Crippen LogP contribution in [0.15, 0.2) is 12.2 Å². The maximum atomic E-state index is 11.3. The van der Waals surface area contributed by atoms with Gasteiger partial charge in [-0.05, 0) is 19.3 Å². The van der Waals surface area contributed by atoms with Gasteiger partial charge < -0.3 is 15.8 Å². The summed E-state index contributed by atoms with van der Waals surface area (Å²) >= 11 is 0. The molecule has 1 rings (SSSR count). The van der Waals surface area contributed by atoms with Crippen LogP contribution in [0.5, 0.6) is 0 Å². The van der Waals surface area contributed by atoms with Crippen molar-refractivity contribution < 1.29 is 9.53 Å². The molecule has 1 amide bonds. The molecule has 1 unspecified atom stereocenters. The van der Waals surface area contributed by atoms with E-state index >= 15 is 0 Å². The van der Waals surface area contributed by atoms with Crippen molar-refractivity contribution in [2.45, 2.75) is 25.3 Å². The van der Waals surface area contributed by atoms with Gasteiger partial charge in [0, 0.05) is 12.6 Å². The van der Waals surface area contributed by atoms with Crippen LogP contribution in [0, 0.1) is 0 Å². The maximum Gasteiger partial charge on any atom is 0.246 e. The Morgan fingerprint density at radius 2 is 2.43 bits per heavy atom. The number of hydrogen-bond acceptors (Lipinski definition) is 3. The van der Waals surface area contributed by atoms with E-state index < -0.39 is 0 Å². The maximum absolute atomic E-state index is 11.3. The molecular weight excluding hydrogens is 180 g/mol. The van der Waals surface area contributed by atoms with Crippen molar-refractivity contribution in [3.63, 3.8) is 0 Å². The van der Waals surface area contributed by atoms with Crippen LogP contribution in [0.4, 0.5) is 0 Å². The van der Waals surface area contributed by atoms with Crippen molar-refractivity contribution >= 4 is 5.91 Å². The predicted octanol–water partition coefficient (Wildman–Crippen LogP) is 0.187. The van der Waals surface area contributed by atoms with Gasteiger partial charge in [0.05, 0.1) is 6.61 Å². The molecule has 0 radical (unpaired) electrons. The van der Waals surface area contributed by atoms with Crippen LogP contribution in [0.25, 0.3) is 0 Å². The summed E-state index contributed by atoms with van der Waals surface area (Å²) in [6.45, 7) is 1.02. The number of carbonyl (C=O) groups excluding carboxylic acids is 1. The van der Waals surface area contributed by atoms with E-state index in [2.05, 4.69) is 17.5 Å². The lowest BCUT2D eigenvalue weighted by molar-refractivity contribution is -0.126. The first-order valence-corrected chi connectivity index (χ1v) is 5.05. The number of hydrogen-bond donors (Lipinski definition) is 2. The monoisotopic (exact) mass is 198 g/mol. The zero-order chi connectivity index (χ0) is 10.2. The van der Waals surface area contributed by atoms with Crippen molar-refractivity contribution in [2.24, 2.45) is 5.73 Å². The van der Waals surface area contributed by atoms with Crippen LogP contribution in [-0.2, 0) is 9.53 Å². The van der Waals surface area contributed by atoms with Gasteiger partial charge in [-0.1, -0.05) is 12.2 Å². The summed E-state index contributed by atoms with van der Waals surface area (Å²) in [6.07, 6.45) is 7.26. The van der Waals surface area contributed by atoms with E-state index in [0.29, 0.717) is 13.2 Å². The highest BCUT2D eigenvalue weighted by molar-refractivity contribution is 5.77. The summed E-state index contributed by atoms with van der Waals surface area (Å²) < 4.78 is 5.03. The number of rotatable bonds is 5. The second-order valence-electron chi connectivity index (χ2n) is 3.39. The summed E-state index contributed by atoms with van der Waals surface area (Å²) in [4.78, 5) is 11.3. The van der Waals surface area contributed by atoms with Gasteiger partial charge in [0.2, 0.25) is 5.91 Å².